The van der Waals surface area contributed by atoms with Gasteiger partial charge in [0.1, 0.15) is 0 Å². The zero-order chi connectivity index (χ0) is 15.3. The Hall–Kier alpha value is -0.860. The fourth-order valence-electron chi connectivity index (χ4n) is 3.75. The molecule has 0 atom stereocenters. The normalized spacial score (nSPS) is 21.3. The largest absolute Gasteiger partial charge is 0.308 e. The zero-order valence-electron chi connectivity index (χ0n) is 14.3. The zero-order valence-corrected chi connectivity index (χ0v) is 14.3. The van der Waals surface area contributed by atoms with E-state index in [9.17, 15) is 0 Å². The number of hydrogen-bond donors (Lipinski definition) is 1. The summed E-state index contributed by atoms with van der Waals surface area (Å²) < 4.78 is 0. The van der Waals surface area contributed by atoms with E-state index in [0.717, 1.165) is 19.6 Å². The van der Waals surface area contributed by atoms with Crippen LogP contribution in [0.15, 0.2) is 30.3 Å². The van der Waals surface area contributed by atoms with Gasteiger partial charge in [0, 0.05) is 30.7 Å². The molecular formula is C19H32N2. The van der Waals surface area contributed by atoms with Gasteiger partial charge in [-0.05, 0) is 31.2 Å². The minimum Gasteiger partial charge on any atom is -0.308 e. The van der Waals surface area contributed by atoms with Crippen molar-refractivity contribution >= 4 is 0 Å². The van der Waals surface area contributed by atoms with E-state index in [2.05, 4.69) is 68.2 Å². The van der Waals surface area contributed by atoms with Crippen LogP contribution in [0.2, 0.25) is 0 Å². The van der Waals surface area contributed by atoms with Gasteiger partial charge in [0.15, 0.2) is 0 Å². The second-order valence-electron chi connectivity index (χ2n) is 6.61. The second-order valence-corrected chi connectivity index (χ2v) is 6.61. The van der Waals surface area contributed by atoms with Gasteiger partial charge in [0.05, 0.1) is 0 Å². The van der Waals surface area contributed by atoms with Gasteiger partial charge < -0.3 is 5.32 Å². The van der Waals surface area contributed by atoms with E-state index in [1.165, 1.54) is 31.2 Å². The van der Waals surface area contributed by atoms with Crippen LogP contribution in [0.25, 0.3) is 0 Å². The van der Waals surface area contributed by atoms with E-state index < -0.39 is 0 Å². The Morgan fingerprint density at radius 2 is 1.57 bits per heavy atom. The van der Waals surface area contributed by atoms with Gasteiger partial charge in [-0.3, -0.25) is 4.90 Å². The molecule has 0 spiro atoms. The van der Waals surface area contributed by atoms with E-state index in [1.54, 1.807) is 0 Å². The second kappa shape index (κ2) is 6.93. The molecule has 21 heavy (non-hydrogen) atoms. The van der Waals surface area contributed by atoms with Crippen LogP contribution in [0, 0.1) is 0 Å². The lowest BCUT2D eigenvalue weighted by atomic mass is 9.80. The summed E-state index contributed by atoms with van der Waals surface area (Å²) in [6, 6.07) is 10.9. The number of rotatable bonds is 6. The van der Waals surface area contributed by atoms with E-state index in [0.29, 0.717) is 11.1 Å². The summed E-state index contributed by atoms with van der Waals surface area (Å²) in [5.74, 6) is 0. The van der Waals surface area contributed by atoms with Gasteiger partial charge in [-0.25, -0.2) is 0 Å². The molecule has 2 heteroatoms. The minimum atomic E-state index is 0.294. The Labute approximate surface area is 130 Å². The van der Waals surface area contributed by atoms with Crippen molar-refractivity contribution in [3.63, 3.8) is 0 Å². The molecule has 0 bridgehead atoms. The van der Waals surface area contributed by atoms with Crippen molar-refractivity contribution in [2.24, 2.45) is 0 Å². The molecule has 1 N–H and O–H groups in total. The molecule has 0 radical (unpaired) electrons. The lowest BCUT2D eigenvalue weighted by molar-refractivity contribution is -0.0110. The molecule has 0 unspecified atom stereocenters. The van der Waals surface area contributed by atoms with Crippen molar-refractivity contribution in [2.75, 3.05) is 13.1 Å². The van der Waals surface area contributed by atoms with Crippen LogP contribution in [0.3, 0.4) is 0 Å². The summed E-state index contributed by atoms with van der Waals surface area (Å²) in [4.78, 5) is 2.76. The molecule has 0 aliphatic carbocycles. The first kappa shape index (κ1) is 16.5. The van der Waals surface area contributed by atoms with Crippen LogP contribution in [0.5, 0.6) is 0 Å². The Bertz CT molecular complexity index is 418. The maximum absolute atomic E-state index is 3.90. The van der Waals surface area contributed by atoms with Crippen LogP contribution in [0.1, 0.15) is 58.9 Å². The highest BCUT2D eigenvalue weighted by molar-refractivity contribution is 5.16. The smallest absolute Gasteiger partial charge is 0.0333 e. The highest BCUT2D eigenvalue weighted by Crippen LogP contribution is 2.34. The molecule has 1 aromatic rings. The van der Waals surface area contributed by atoms with Gasteiger partial charge >= 0.3 is 0 Å². The summed E-state index contributed by atoms with van der Waals surface area (Å²) in [6.45, 7) is 12.7. The maximum atomic E-state index is 3.90. The molecule has 0 aromatic heterocycles. The van der Waals surface area contributed by atoms with Crippen molar-refractivity contribution in [3.8, 4) is 0 Å². The van der Waals surface area contributed by atoms with Crippen LogP contribution in [-0.2, 0) is 6.54 Å². The summed E-state index contributed by atoms with van der Waals surface area (Å²) in [7, 11) is 0. The molecule has 1 aliphatic heterocycles. The van der Waals surface area contributed by atoms with Gasteiger partial charge in [-0.2, -0.15) is 0 Å². The molecule has 1 aromatic carbocycles. The van der Waals surface area contributed by atoms with Crippen molar-refractivity contribution in [1.82, 2.24) is 10.2 Å². The highest BCUT2D eigenvalue weighted by atomic mass is 15.3. The maximum Gasteiger partial charge on any atom is 0.0333 e. The van der Waals surface area contributed by atoms with E-state index in [-0.39, 0.29) is 0 Å². The van der Waals surface area contributed by atoms with Gasteiger partial charge in [-0.1, -0.05) is 58.0 Å². The molecule has 1 heterocycles. The quantitative estimate of drug-likeness (QED) is 0.843. The lowest BCUT2D eigenvalue weighted by Crippen LogP contribution is -2.69. The minimum absolute atomic E-state index is 0.294. The Balaban J connectivity index is 2.24. The number of hydrogen-bond acceptors (Lipinski definition) is 2. The van der Waals surface area contributed by atoms with Crippen molar-refractivity contribution in [3.05, 3.63) is 35.9 Å². The Morgan fingerprint density at radius 1 is 0.952 bits per heavy atom. The predicted octanol–water partition coefficient (Wildman–Crippen LogP) is 4.21. The number of nitrogens with one attached hydrogen (secondary N) is 1. The topological polar surface area (TPSA) is 15.3 Å². The van der Waals surface area contributed by atoms with E-state index in [4.69, 9.17) is 0 Å². The summed E-state index contributed by atoms with van der Waals surface area (Å²) >= 11 is 0. The third-order valence-corrected chi connectivity index (χ3v) is 5.84. The molecule has 1 fully saturated rings. The van der Waals surface area contributed by atoms with Crippen molar-refractivity contribution < 1.29 is 0 Å². The SMILES string of the molecule is CCC1(CC)CN(Cc2ccccc2)C(CC)(CC)CN1. The first-order valence-corrected chi connectivity index (χ1v) is 8.67. The average molecular weight is 288 g/mol. The molecule has 0 amide bonds. The van der Waals surface area contributed by atoms with Crippen molar-refractivity contribution in [1.29, 1.82) is 0 Å². The average Bonchev–Trinajstić information content (AvgIpc) is 2.56. The van der Waals surface area contributed by atoms with E-state index in [1.807, 2.05) is 0 Å². The monoisotopic (exact) mass is 288 g/mol. The predicted molar refractivity (Wildman–Crippen MR) is 91.5 cm³/mol. The fraction of sp³-hybridized carbons (Fsp3) is 0.684. The number of piperazine rings is 1. The van der Waals surface area contributed by atoms with Crippen LogP contribution < -0.4 is 5.32 Å². The standard InChI is InChI=1S/C19H32N2/c1-5-18(6-2)16-21(14-17-12-10-9-11-13-17)19(7-3,8-4)15-20-18/h9-13,20H,5-8,14-16H2,1-4H3. The number of nitrogens with zero attached hydrogens (tertiary/aromatic N) is 1. The van der Waals surface area contributed by atoms with Gasteiger partial charge in [0.2, 0.25) is 0 Å². The summed E-state index contributed by atoms with van der Waals surface area (Å²) in [5.41, 5.74) is 2.04. The summed E-state index contributed by atoms with van der Waals surface area (Å²) in [5, 5.41) is 3.90. The molecule has 1 saturated heterocycles. The molecular weight excluding hydrogens is 256 g/mol. The van der Waals surface area contributed by atoms with Gasteiger partial charge in [0.25, 0.3) is 0 Å². The lowest BCUT2D eigenvalue weighted by Gasteiger charge is -2.54. The first-order valence-electron chi connectivity index (χ1n) is 8.67. The molecule has 2 rings (SSSR count). The van der Waals surface area contributed by atoms with Crippen LogP contribution in [0.4, 0.5) is 0 Å². The fourth-order valence-corrected chi connectivity index (χ4v) is 3.75. The molecule has 0 saturated carbocycles. The first-order chi connectivity index (χ1) is 10.1. The third-order valence-electron chi connectivity index (χ3n) is 5.84. The van der Waals surface area contributed by atoms with Gasteiger partial charge in [-0.15, -0.1) is 0 Å². The Kier molecular flexibility index (Phi) is 5.45. The van der Waals surface area contributed by atoms with Crippen LogP contribution in [-0.4, -0.2) is 29.1 Å². The molecule has 1 aliphatic rings. The Morgan fingerprint density at radius 3 is 2.10 bits per heavy atom. The van der Waals surface area contributed by atoms with Crippen molar-refractivity contribution in [2.45, 2.75) is 71.0 Å². The summed E-state index contributed by atoms with van der Waals surface area (Å²) in [6.07, 6.45) is 4.84. The third kappa shape index (κ3) is 3.32. The molecule has 118 valence electrons. The van der Waals surface area contributed by atoms with E-state index >= 15 is 0 Å². The number of benzene rings is 1. The highest BCUT2D eigenvalue weighted by Gasteiger charge is 2.43. The van der Waals surface area contributed by atoms with Crippen LogP contribution >= 0.6 is 0 Å². The molecule has 2 nitrogen and oxygen atoms in total.